The average molecular weight is 411 g/mol. The molecule has 0 aliphatic carbocycles. The number of fused-ring (bicyclic) bond motifs is 1. The monoisotopic (exact) mass is 411 g/mol. The number of nitrogens with one attached hydrogen (secondary N) is 2. The molecule has 30 heavy (non-hydrogen) atoms. The van der Waals surface area contributed by atoms with E-state index in [-0.39, 0.29) is 18.8 Å². The van der Waals surface area contributed by atoms with E-state index in [0.717, 1.165) is 10.8 Å². The molecule has 2 heterocycles. The van der Waals surface area contributed by atoms with Crippen LogP contribution < -0.4 is 22.1 Å². The highest BCUT2D eigenvalue weighted by molar-refractivity contribution is 6.02. The number of hydrogen-bond donors (Lipinski definition) is 5. The molecule has 156 valence electrons. The fourth-order valence-electron chi connectivity index (χ4n) is 3.42. The zero-order chi connectivity index (χ0) is 21.3. The number of nitrogen functional groups attached to an aromatic ring is 1. The van der Waals surface area contributed by atoms with Crippen molar-refractivity contribution in [2.75, 3.05) is 23.0 Å². The number of rotatable bonds is 4. The Balaban J connectivity index is 1.44. The molecular formula is C20H21N5O5. The molecule has 2 aromatic carbocycles. The lowest BCUT2D eigenvalue weighted by atomic mass is 10.1. The zero-order valence-electron chi connectivity index (χ0n) is 15.9. The third kappa shape index (κ3) is 3.96. The molecule has 0 unspecified atom stereocenters. The van der Waals surface area contributed by atoms with Crippen LogP contribution in [0.5, 0.6) is 0 Å². The molecule has 0 radical (unpaired) electrons. The van der Waals surface area contributed by atoms with E-state index >= 15 is 0 Å². The van der Waals surface area contributed by atoms with Crippen molar-refractivity contribution >= 4 is 34.0 Å². The van der Waals surface area contributed by atoms with E-state index in [2.05, 4.69) is 15.6 Å². The summed E-state index contributed by atoms with van der Waals surface area (Å²) < 4.78 is 6.65. The Morgan fingerprint density at radius 2 is 2.10 bits per heavy atom. The summed E-state index contributed by atoms with van der Waals surface area (Å²) in [5, 5.41) is 25.9. The van der Waals surface area contributed by atoms with Gasteiger partial charge in [-0.2, -0.15) is 4.98 Å². The number of carbonyl (C=O) groups excluding carboxylic acids is 1. The van der Waals surface area contributed by atoms with Crippen LogP contribution >= 0.6 is 0 Å². The van der Waals surface area contributed by atoms with Gasteiger partial charge in [0.2, 0.25) is 0 Å². The fourth-order valence-corrected chi connectivity index (χ4v) is 3.42. The van der Waals surface area contributed by atoms with Crippen LogP contribution in [0.15, 0.2) is 53.5 Å². The van der Waals surface area contributed by atoms with Crippen molar-refractivity contribution < 1.29 is 19.7 Å². The number of urea groups is 1. The van der Waals surface area contributed by atoms with Crippen molar-refractivity contribution in [2.24, 2.45) is 0 Å². The van der Waals surface area contributed by atoms with Crippen LogP contribution in [-0.4, -0.2) is 44.6 Å². The summed E-state index contributed by atoms with van der Waals surface area (Å²) in [6, 6.07) is 11.7. The second-order valence-electron chi connectivity index (χ2n) is 6.98. The van der Waals surface area contributed by atoms with Gasteiger partial charge in [0, 0.05) is 29.4 Å². The van der Waals surface area contributed by atoms with Gasteiger partial charge < -0.3 is 26.0 Å². The Bertz CT molecular complexity index is 1150. The van der Waals surface area contributed by atoms with Gasteiger partial charge in [-0.25, -0.2) is 9.59 Å². The average Bonchev–Trinajstić information content (AvgIpc) is 3.08. The molecule has 2 amide bonds. The first-order chi connectivity index (χ1) is 14.4. The summed E-state index contributed by atoms with van der Waals surface area (Å²) in [7, 11) is 0. The predicted octanol–water partition coefficient (Wildman–Crippen LogP) is 1.26. The SMILES string of the molecule is Nc1cccc2cc(NC(=O)Nc3ccn([C@H]4C[C@H](O)[C@@H](CO)O4)c(=O)n3)ccc12. The molecule has 0 spiro atoms. The van der Waals surface area contributed by atoms with Crippen molar-refractivity contribution in [3.63, 3.8) is 0 Å². The fraction of sp³-hybridized carbons (Fsp3) is 0.250. The predicted molar refractivity (Wildman–Crippen MR) is 111 cm³/mol. The van der Waals surface area contributed by atoms with E-state index in [1.165, 1.54) is 16.8 Å². The number of ether oxygens (including phenoxy) is 1. The molecular weight excluding hydrogens is 390 g/mol. The third-order valence-electron chi connectivity index (χ3n) is 4.94. The van der Waals surface area contributed by atoms with Gasteiger partial charge in [0.1, 0.15) is 18.1 Å². The van der Waals surface area contributed by atoms with Crippen LogP contribution in [0.1, 0.15) is 12.6 Å². The zero-order valence-corrected chi connectivity index (χ0v) is 15.9. The van der Waals surface area contributed by atoms with E-state index in [1.807, 2.05) is 18.2 Å². The lowest BCUT2D eigenvalue weighted by molar-refractivity contribution is -0.0458. The second kappa shape index (κ2) is 8.11. The second-order valence-corrected chi connectivity index (χ2v) is 6.98. The highest BCUT2D eigenvalue weighted by Crippen LogP contribution is 2.27. The quantitative estimate of drug-likeness (QED) is 0.405. The Morgan fingerprint density at radius 3 is 2.83 bits per heavy atom. The molecule has 1 aliphatic heterocycles. The van der Waals surface area contributed by atoms with Crippen molar-refractivity contribution in [1.29, 1.82) is 0 Å². The molecule has 3 aromatic rings. The summed E-state index contributed by atoms with van der Waals surface area (Å²) in [6.07, 6.45) is -0.770. The lowest BCUT2D eigenvalue weighted by Gasteiger charge is -2.14. The molecule has 1 saturated heterocycles. The maximum atomic E-state index is 12.3. The number of aliphatic hydroxyl groups is 2. The van der Waals surface area contributed by atoms with Gasteiger partial charge in [-0.3, -0.25) is 9.88 Å². The molecule has 10 nitrogen and oxygen atoms in total. The van der Waals surface area contributed by atoms with Crippen LogP contribution in [0.4, 0.5) is 22.0 Å². The molecule has 3 atom stereocenters. The Morgan fingerprint density at radius 1 is 1.27 bits per heavy atom. The van der Waals surface area contributed by atoms with Crippen LogP contribution in [-0.2, 0) is 4.74 Å². The van der Waals surface area contributed by atoms with E-state index in [0.29, 0.717) is 11.4 Å². The molecule has 0 saturated carbocycles. The lowest BCUT2D eigenvalue weighted by Crippen LogP contribution is -2.29. The number of benzene rings is 2. The number of hydrogen-bond acceptors (Lipinski definition) is 7. The van der Waals surface area contributed by atoms with Crippen LogP contribution in [0.3, 0.4) is 0 Å². The van der Waals surface area contributed by atoms with E-state index in [4.69, 9.17) is 15.6 Å². The van der Waals surface area contributed by atoms with Crippen LogP contribution in [0.25, 0.3) is 10.8 Å². The van der Waals surface area contributed by atoms with Crippen LogP contribution in [0, 0.1) is 0 Å². The highest BCUT2D eigenvalue weighted by atomic mass is 16.5. The summed E-state index contributed by atoms with van der Waals surface area (Å²) in [5.74, 6) is 0.0658. The maximum Gasteiger partial charge on any atom is 0.351 e. The molecule has 1 aliphatic rings. The van der Waals surface area contributed by atoms with Crippen molar-refractivity contribution in [2.45, 2.75) is 24.9 Å². The first kappa shape index (κ1) is 19.8. The van der Waals surface area contributed by atoms with E-state index < -0.39 is 30.2 Å². The van der Waals surface area contributed by atoms with Crippen molar-refractivity contribution in [3.8, 4) is 0 Å². The summed E-state index contributed by atoms with van der Waals surface area (Å²) >= 11 is 0. The van der Waals surface area contributed by atoms with Gasteiger partial charge >= 0.3 is 11.7 Å². The Hall–Kier alpha value is -3.47. The minimum absolute atomic E-state index is 0.0658. The number of nitrogens with two attached hydrogens (primary N) is 1. The van der Waals surface area contributed by atoms with Crippen molar-refractivity contribution in [3.05, 3.63) is 59.1 Å². The first-order valence-electron chi connectivity index (χ1n) is 9.34. The number of carbonyl (C=O) groups is 1. The van der Waals surface area contributed by atoms with Gasteiger partial charge in [0.15, 0.2) is 0 Å². The van der Waals surface area contributed by atoms with Crippen LogP contribution in [0.2, 0.25) is 0 Å². The first-order valence-corrected chi connectivity index (χ1v) is 9.34. The molecule has 1 aromatic heterocycles. The topological polar surface area (TPSA) is 152 Å². The Kier molecular flexibility index (Phi) is 5.36. The number of anilines is 3. The number of nitrogens with zero attached hydrogens (tertiary/aromatic N) is 2. The minimum atomic E-state index is -0.868. The third-order valence-corrected chi connectivity index (χ3v) is 4.94. The van der Waals surface area contributed by atoms with Gasteiger partial charge in [0.25, 0.3) is 0 Å². The number of aliphatic hydroxyl groups excluding tert-OH is 2. The Labute approximate surface area is 170 Å². The summed E-state index contributed by atoms with van der Waals surface area (Å²) in [6.45, 7) is -0.346. The molecule has 6 N–H and O–H groups in total. The molecule has 4 rings (SSSR count). The minimum Gasteiger partial charge on any atom is -0.398 e. The summed E-state index contributed by atoms with van der Waals surface area (Å²) in [4.78, 5) is 28.4. The largest absolute Gasteiger partial charge is 0.398 e. The number of aromatic nitrogens is 2. The van der Waals surface area contributed by atoms with Gasteiger partial charge in [-0.15, -0.1) is 0 Å². The van der Waals surface area contributed by atoms with Gasteiger partial charge in [-0.05, 0) is 29.7 Å². The normalized spacial score (nSPS) is 20.9. The molecule has 10 heteroatoms. The van der Waals surface area contributed by atoms with E-state index in [9.17, 15) is 14.7 Å². The maximum absolute atomic E-state index is 12.3. The molecule has 0 bridgehead atoms. The van der Waals surface area contributed by atoms with Gasteiger partial charge in [-0.1, -0.05) is 18.2 Å². The molecule has 1 fully saturated rings. The highest BCUT2D eigenvalue weighted by Gasteiger charge is 2.34. The smallest absolute Gasteiger partial charge is 0.351 e. The summed E-state index contributed by atoms with van der Waals surface area (Å²) in [5.41, 5.74) is 6.49. The standard InChI is InChI=1S/C20H21N5O5/c21-14-3-1-2-11-8-12(4-5-13(11)14)22-19(28)23-17-6-7-25(20(29)24-17)18-9-15(27)16(10-26)30-18/h1-8,15-16,18,26-27H,9-10,21H2,(H2,22,23,24,28,29)/t15-,16+,18+/m0/s1. The van der Waals surface area contributed by atoms with E-state index in [1.54, 1.807) is 18.2 Å². The van der Waals surface area contributed by atoms with Crippen molar-refractivity contribution in [1.82, 2.24) is 9.55 Å². The van der Waals surface area contributed by atoms with Gasteiger partial charge in [0.05, 0.1) is 12.7 Å². The number of amides is 2.